The number of anilines is 1. The predicted molar refractivity (Wildman–Crippen MR) is 81.0 cm³/mol. The van der Waals surface area contributed by atoms with Gasteiger partial charge in [0.15, 0.2) is 0 Å². The van der Waals surface area contributed by atoms with Crippen molar-refractivity contribution < 1.29 is 9.90 Å². The maximum absolute atomic E-state index is 12.0. The SMILES string of the molecule is Cc1ccccc1CCC(=O)Nc1ccc(O)cc1C. The largest absolute Gasteiger partial charge is 0.508 e. The van der Waals surface area contributed by atoms with Gasteiger partial charge >= 0.3 is 0 Å². The first-order chi connectivity index (χ1) is 9.56. The molecule has 1 amide bonds. The topological polar surface area (TPSA) is 49.3 Å². The zero-order valence-electron chi connectivity index (χ0n) is 11.8. The summed E-state index contributed by atoms with van der Waals surface area (Å²) in [5.41, 5.74) is 4.01. The van der Waals surface area contributed by atoms with Crippen molar-refractivity contribution in [1.82, 2.24) is 0 Å². The van der Waals surface area contributed by atoms with E-state index in [0.717, 1.165) is 17.7 Å². The Labute approximate surface area is 119 Å². The van der Waals surface area contributed by atoms with Crippen LogP contribution in [0.25, 0.3) is 0 Å². The number of rotatable bonds is 4. The van der Waals surface area contributed by atoms with E-state index in [1.165, 1.54) is 11.1 Å². The minimum absolute atomic E-state index is 0.0120. The third-order valence-electron chi connectivity index (χ3n) is 3.37. The van der Waals surface area contributed by atoms with Gasteiger partial charge in [-0.25, -0.2) is 0 Å². The van der Waals surface area contributed by atoms with Gasteiger partial charge in [0.05, 0.1) is 0 Å². The summed E-state index contributed by atoms with van der Waals surface area (Å²) in [6.07, 6.45) is 1.18. The Bertz CT molecular complexity index is 620. The Balaban J connectivity index is 1.94. The number of amides is 1. The Kier molecular flexibility index (Phi) is 4.41. The first-order valence-corrected chi connectivity index (χ1v) is 6.70. The van der Waals surface area contributed by atoms with Gasteiger partial charge in [0, 0.05) is 12.1 Å². The van der Waals surface area contributed by atoms with E-state index < -0.39 is 0 Å². The average Bonchev–Trinajstić information content (AvgIpc) is 2.41. The summed E-state index contributed by atoms with van der Waals surface area (Å²) in [6, 6.07) is 13.0. The van der Waals surface area contributed by atoms with E-state index in [9.17, 15) is 9.90 Å². The van der Waals surface area contributed by atoms with Crippen LogP contribution in [0.15, 0.2) is 42.5 Å². The van der Waals surface area contributed by atoms with Crippen molar-refractivity contribution in [2.75, 3.05) is 5.32 Å². The number of nitrogens with one attached hydrogen (secondary N) is 1. The van der Waals surface area contributed by atoms with Crippen LogP contribution in [0.5, 0.6) is 5.75 Å². The highest BCUT2D eigenvalue weighted by molar-refractivity contribution is 5.91. The number of phenolic OH excluding ortho intramolecular Hbond substituents is 1. The van der Waals surface area contributed by atoms with Crippen LogP contribution in [0, 0.1) is 13.8 Å². The van der Waals surface area contributed by atoms with Gasteiger partial charge in [0.2, 0.25) is 5.91 Å². The molecule has 104 valence electrons. The molecular formula is C17H19NO2. The second kappa shape index (κ2) is 6.24. The number of aromatic hydroxyl groups is 1. The van der Waals surface area contributed by atoms with Gasteiger partial charge in [-0.3, -0.25) is 4.79 Å². The molecule has 0 radical (unpaired) electrons. The number of phenols is 1. The summed E-state index contributed by atoms with van der Waals surface area (Å²) in [5.74, 6) is 0.197. The van der Waals surface area contributed by atoms with E-state index in [0.29, 0.717) is 6.42 Å². The number of hydrogen-bond acceptors (Lipinski definition) is 2. The molecule has 2 rings (SSSR count). The van der Waals surface area contributed by atoms with Gasteiger partial charge in [-0.05, 0) is 55.2 Å². The van der Waals surface area contributed by atoms with Gasteiger partial charge in [0.25, 0.3) is 0 Å². The summed E-state index contributed by atoms with van der Waals surface area (Å²) >= 11 is 0. The number of benzene rings is 2. The fourth-order valence-electron chi connectivity index (χ4n) is 2.14. The molecule has 0 aliphatic rings. The van der Waals surface area contributed by atoms with E-state index in [-0.39, 0.29) is 11.7 Å². The molecule has 0 heterocycles. The maximum Gasteiger partial charge on any atom is 0.224 e. The lowest BCUT2D eigenvalue weighted by molar-refractivity contribution is -0.116. The Morgan fingerprint density at radius 3 is 2.55 bits per heavy atom. The fourth-order valence-corrected chi connectivity index (χ4v) is 2.14. The van der Waals surface area contributed by atoms with Crippen molar-refractivity contribution in [1.29, 1.82) is 0 Å². The summed E-state index contributed by atoms with van der Waals surface area (Å²) in [5, 5.41) is 12.2. The van der Waals surface area contributed by atoms with E-state index >= 15 is 0 Å². The molecule has 0 aliphatic carbocycles. The zero-order chi connectivity index (χ0) is 14.5. The van der Waals surface area contributed by atoms with Crippen LogP contribution >= 0.6 is 0 Å². The van der Waals surface area contributed by atoms with Gasteiger partial charge in [0.1, 0.15) is 5.75 Å². The van der Waals surface area contributed by atoms with Crippen molar-refractivity contribution in [3.8, 4) is 5.75 Å². The molecular weight excluding hydrogens is 250 g/mol. The molecule has 2 aromatic rings. The van der Waals surface area contributed by atoms with Crippen molar-refractivity contribution >= 4 is 11.6 Å². The van der Waals surface area contributed by atoms with Crippen molar-refractivity contribution in [3.63, 3.8) is 0 Å². The molecule has 2 N–H and O–H groups in total. The minimum atomic E-state index is -0.0120. The first kappa shape index (κ1) is 14.1. The monoisotopic (exact) mass is 269 g/mol. The normalized spacial score (nSPS) is 10.3. The number of aryl methyl sites for hydroxylation is 3. The minimum Gasteiger partial charge on any atom is -0.508 e. The van der Waals surface area contributed by atoms with Crippen molar-refractivity contribution in [2.45, 2.75) is 26.7 Å². The molecule has 0 atom stereocenters. The molecule has 3 nitrogen and oxygen atoms in total. The van der Waals surface area contributed by atoms with Crippen LogP contribution in [0.2, 0.25) is 0 Å². The average molecular weight is 269 g/mol. The fraction of sp³-hybridized carbons (Fsp3) is 0.235. The van der Waals surface area contributed by atoms with Crippen LogP contribution < -0.4 is 5.32 Å². The van der Waals surface area contributed by atoms with E-state index in [1.54, 1.807) is 18.2 Å². The highest BCUT2D eigenvalue weighted by Crippen LogP contribution is 2.20. The second-order valence-corrected chi connectivity index (χ2v) is 4.97. The van der Waals surface area contributed by atoms with Gasteiger partial charge < -0.3 is 10.4 Å². The number of carbonyl (C=O) groups excluding carboxylic acids is 1. The molecule has 2 aromatic carbocycles. The van der Waals surface area contributed by atoms with Crippen LogP contribution in [0.1, 0.15) is 23.1 Å². The number of hydrogen-bond donors (Lipinski definition) is 2. The molecule has 0 aliphatic heterocycles. The Morgan fingerprint density at radius 1 is 1.10 bits per heavy atom. The van der Waals surface area contributed by atoms with E-state index in [2.05, 4.69) is 24.4 Å². The van der Waals surface area contributed by atoms with Gasteiger partial charge in [-0.1, -0.05) is 24.3 Å². The summed E-state index contributed by atoms with van der Waals surface area (Å²) in [4.78, 5) is 12.0. The molecule has 0 spiro atoms. The zero-order valence-corrected chi connectivity index (χ0v) is 11.8. The van der Waals surface area contributed by atoms with Gasteiger partial charge in [-0.15, -0.1) is 0 Å². The molecule has 0 aromatic heterocycles. The summed E-state index contributed by atoms with van der Waals surface area (Å²) < 4.78 is 0. The predicted octanol–water partition coefficient (Wildman–Crippen LogP) is 3.58. The van der Waals surface area contributed by atoms with Crippen LogP contribution in [0.3, 0.4) is 0 Å². The van der Waals surface area contributed by atoms with Crippen molar-refractivity contribution in [3.05, 3.63) is 59.2 Å². The lowest BCUT2D eigenvalue weighted by Gasteiger charge is -2.09. The third kappa shape index (κ3) is 3.60. The lowest BCUT2D eigenvalue weighted by Crippen LogP contribution is -2.13. The van der Waals surface area contributed by atoms with E-state index in [4.69, 9.17) is 0 Å². The summed E-state index contributed by atoms with van der Waals surface area (Å²) in [7, 11) is 0. The highest BCUT2D eigenvalue weighted by Gasteiger charge is 2.06. The van der Waals surface area contributed by atoms with Crippen LogP contribution in [-0.2, 0) is 11.2 Å². The third-order valence-corrected chi connectivity index (χ3v) is 3.37. The van der Waals surface area contributed by atoms with Crippen LogP contribution in [0.4, 0.5) is 5.69 Å². The van der Waals surface area contributed by atoms with E-state index in [1.807, 2.05) is 19.1 Å². The standard InChI is InChI=1S/C17H19NO2/c1-12-5-3-4-6-14(12)7-10-17(20)18-16-9-8-15(19)11-13(16)2/h3-6,8-9,11,19H,7,10H2,1-2H3,(H,18,20). The second-order valence-electron chi connectivity index (χ2n) is 4.97. The molecule has 0 bridgehead atoms. The van der Waals surface area contributed by atoms with Crippen LogP contribution in [-0.4, -0.2) is 11.0 Å². The summed E-state index contributed by atoms with van der Waals surface area (Å²) in [6.45, 7) is 3.91. The molecule has 3 heteroatoms. The molecule has 0 saturated carbocycles. The molecule has 0 saturated heterocycles. The quantitative estimate of drug-likeness (QED) is 0.833. The molecule has 20 heavy (non-hydrogen) atoms. The molecule has 0 unspecified atom stereocenters. The van der Waals surface area contributed by atoms with Crippen molar-refractivity contribution in [2.24, 2.45) is 0 Å². The smallest absolute Gasteiger partial charge is 0.224 e. The lowest BCUT2D eigenvalue weighted by atomic mass is 10.0. The molecule has 0 fully saturated rings. The maximum atomic E-state index is 12.0. The van der Waals surface area contributed by atoms with Gasteiger partial charge in [-0.2, -0.15) is 0 Å². The number of carbonyl (C=O) groups is 1. The first-order valence-electron chi connectivity index (χ1n) is 6.70. The highest BCUT2D eigenvalue weighted by atomic mass is 16.3. The Morgan fingerprint density at radius 2 is 1.85 bits per heavy atom. The Hall–Kier alpha value is -2.29.